The van der Waals surface area contributed by atoms with Crippen molar-refractivity contribution in [3.63, 3.8) is 0 Å². The Balaban J connectivity index is 2.14. The molecule has 0 aliphatic heterocycles. The third kappa shape index (κ3) is 7.42. The van der Waals surface area contributed by atoms with Crippen LogP contribution in [0.3, 0.4) is 0 Å². The number of carbonyl (C=O) groups is 2. The average molecular weight is 645 g/mol. The van der Waals surface area contributed by atoms with E-state index in [9.17, 15) is 18.0 Å². The third-order valence-corrected chi connectivity index (χ3v) is 9.23. The Hall–Kier alpha value is -2.49. The van der Waals surface area contributed by atoms with Gasteiger partial charge in [-0.1, -0.05) is 77.1 Å². The molecule has 0 heterocycles. The summed E-state index contributed by atoms with van der Waals surface area (Å²) in [4.78, 5) is 28.4. The zero-order valence-electron chi connectivity index (χ0n) is 22.1. The molecule has 0 spiro atoms. The molecule has 7 nitrogen and oxygen atoms in total. The highest BCUT2D eigenvalue weighted by atomic mass is 35.5. The van der Waals surface area contributed by atoms with Crippen molar-refractivity contribution in [1.29, 1.82) is 0 Å². The maximum absolute atomic E-state index is 14.1. The van der Waals surface area contributed by atoms with Crippen molar-refractivity contribution < 1.29 is 18.0 Å². The molecule has 0 saturated carbocycles. The molecule has 3 aromatic rings. The summed E-state index contributed by atoms with van der Waals surface area (Å²) in [6, 6.07) is 14.5. The van der Waals surface area contributed by atoms with E-state index in [0.717, 1.165) is 9.87 Å². The van der Waals surface area contributed by atoms with Crippen LogP contribution in [0.25, 0.3) is 0 Å². The molecule has 3 rings (SSSR count). The summed E-state index contributed by atoms with van der Waals surface area (Å²) in [6.45, 7) is 4.89. The Morgan fingerprint density at radius 1 is 0.900 bits per heavy atom. The lowest BCUT2D eigenvalue weighted by atomic mass is 10.1. The van der Waals surface area contributed by atoms with Gasteiger partial charge in [-0.15, -0.1) is 0 Å². The molecule has 2 amide bonds. The van der Waals surface area contributed by atoms with Crippen molar-refractivity contribution in [3.8, 4) is 0 Å². The Bertz CT molecular complexity index is 1460. The molecular formula is C28H29Cl4N3O4S. The fraction of sp³-hybridized carbons (Fsp3) is 0.286. The highest BCUT2D eigenvalue weighted by molar-refractivity contribution is 7.92. The molecule has 3 aromatic carbocycles. The van der Waals surface area contributed by atoms with Crippen LogP contribution in [0.15, 0.2) is 65.6 Å². The number of rotatable bonds is 11. The number of amides is 2. The first kappa shape index (κ1) is 32.0. The summed E-state index contributed by atoms with van der Waals surface area (Å²) in [6.07, 6.45) is 0.252. The van der Waals surface area contributed by atoms with Gasteiger partial charge in [-0.05, 0) is 62.7 Å². The number of aryl methyl sites for hydroxylation is 1. The fourth-order valence-corrected chi connectivity index (χ4v) is 6.47. The van der Waals surface area contributed by atoms with Crippen molar-refractivity contribution in [2.75, 3.05) is 17.4 Å². The smallest absolute Gasteiger partial charge is 0.264 e. The molecular weight excluding hydrogens is 616 g/mol. The fourth-order valence-electron chi connectivity index (χ4n) is 4.09. The Morgan fingerprint density at radius 3 is 2.10 bits per heavy atom. The lowest BCUT2D eigenvalue weighted by Gasteiger charge is -2.33. The molecule has 214 valence electrons. The van der Waals surface area contributed by atoms with Gasteiger partial charge in [0.2, 0.25) is 11.8 Å². The van der Waals surface area contributed by atoms with Gasteiger partial charge in [-0.2, -0.15) is 0 Å². The van der Waals surface area contributed by atoms with Crippen LogP contribution in [0.2, 0.25) is 20.1 Å². The summed E-state index contributed by atoms with van der Waals surface area (Å²) in [5.74, 6) is -1.06. The second-order valence-corrected chi connectivity index (χ2v) is 12.5. The largest absolute Gasteiger partial charge is 0.355 e. The van der Waals surface area contributed by atoms with E-state index in [4.69, 9.17) is 46.4 Å². The number of halogens is 4. The highest BCUT2D eigenvalue weighted by Crippen LogP contribution is 2.34. The van der Waals surface area contributed by atoms with Crippen LogP contribution < -0.4 is 9.62 Å². The minimum atomic E-state index is -4.30. The lowest BCUT2D eigenvalue weighted by Crippen LogP contribution is -2.52. The summed E-state index contributed by atoms with van der Waals surface area (Å²) < 4.78 is 28.8. The van der Waals surface area contributed by atoms with Gasteiger partial charge in [0.15, 0.2) is 0 Å². The topological polar surface area (TPSA) is 86.8 Å². The van der Waals surface area contributed by atoms with Crippen LogP contribution in [0.5, 0.6) is 0 Å². The standard InChI is InChI=1S/C28H29Cl4N3O4S/c1-4-25(28(37)33-5-2)34(16-21-22(30)7-6-8-23(21)31)27(36)17-35(26-15-19(29)11-14-24(26)32)40(38,39)20-12-9-18(3)10-13-20/h6-15,25H,4-5,16-17H2,1-3H3,(H,33,37)/t25-/m0/s1. The van der Waals surface area contributed by atoms with Gasteiger partial charge in [0, 0.05) is 33.7 Å². The average Bonchev–Trinajstić information content (AvgIpc) is 2.90. The van der Waals surface area contributed by atoms with Crippen LogP contribution in [0.4, 0.5) is 5.69 Å². The second-order valence-electron chi connectivity index (χ2n) is 8.96. The lowest BCUT2D eigenvalue weighted by molar-refractivity contribution is -0.140. The van der Waals surface area contributed by atoms with E-state index in [0.29, 0.717) is 22.2 Å². The molecule has 0 unspecified atom stereocenters. The van der Waals surface area contributed by atoms with E-state index in [-0.39, 0.29) is 33.6 Å². The van der Waals surface area contributed by atoms with Gasteiger partial charge in [0.05, 0.1) is 15.6 Å². The van der Waals surface area contributed by atoms with Crippen LogP contribution in [-0.2, 0) is 26.2 Å². The van der Waals surface area contributed by atoms with E-state index >= 15 is 0 Å². The molecule has 12 heteroatoms. The van der Waals surface area contributed by atoms with E-state index < -0.39 is 34.4 Å². The van der Waals surface area contributed by atoms with Crippen molar-refractivity contribution in [2.24, 2.45) is 0 Å². The Labute approximate surface area is 255 Å². The third-order valence-electron chi connectivity index (χ3n) is 6.19. The monoisotopic (exact) mass is 643 g/mol. The number of anilines is 1. The Kier molecular flexibility index (Phi) is 11.1. The number of benzene rings is 3. The van der Waals surface area contributed by atoms with Gasteiger partial charge >= 0.3 is 0 Å². The maximum atomic E-state index is 14.1. The number of sulfonamides is 1. The molecule has 0 radical (unpaired) electrons. The molecule has 1 atom stereocenters. The van der Waals surface area contributed by atoms with Gasteiger partial charge < -0.3 is 10.2 Å². The Morgan fingerprint density at radius 2 is 1.52 bits per heavy atom. The van der Waals surface area contributed by atoms with E-state index in [1.807, 2.05) is 6.92 Å². The van der Waals surface area contributed by atoms with Gasteiger partial charge in [-0.3, -0.25) is 13.9 Å². The number of hydrogen-bond acceptors (Lipinski definition) is 4. The minimum absolute atomic E-state index is 0.0184. The summed E-state index contributed by atoms with van der Waals surface area (Å²) >= 11 is 25.5. The van der Waals surface area contributed by atoms with E-state index in [1.165, 1.54) is 35.2 Å². The first-order valence-electron chi connectivity index (χ1n) is 12.4. The summed E-state index contributed by atoms with van der Waals surface area (Å²) in [5.41, 5.74) is 1.30. The van der Waals surface area contributed by atoms with E-state index in [2.05, 4.69) is 5.32 Å². The normalized spacial score (nSPS) is 12.1. The molecule has 0 aromatic heterocycles. The zero-order valence-corrected chi connectivity index (χ0v) is 26.0. The molecule has 40 heavy (non-hydrogen) atoms. The van der Waals surface area contributed by atoms with Crippen molar-refractivity contribution in [1.82, 2.24) is 10.2 Å². The van der Waals surface area contributed by atoms with E-state index in [1.54, 1.807) is 44.2 Å². The van der Waals surface area contributed by atoms with Crippen LogP contribution in [-0.4, -0.2) is 44.3 Å². The first-order chi connectivity index (χ1) is 18.9. The number of nitrogens with zero attached hydrogens (tertiary/aromatic N) is 2. The van der Waals surface area contributed by atoms with Gasteiger partial charge in [-0.25, -0.2) is 8.42 Å². The molecule has 1 N–H and O–H groups in total. The molecule has 0 aliphatic carbocycles. The van der Waals surface area contributed by atoms with Crippen LogP contribution in [0, 0.1) is 6.92 Å². The minimum Gasteiger partial charge on any atom is -0.355 e. The quantitative estimate of drug-likeness (QED) is 0.250. The molecule has 0 fully saturated rings. The zero-order chi connectivity index (χ0) is 29.6. The summed E-state index contributed by atoms with van der Waals surface area (Å²) in [5, 5.41) is 3.65. The number of hydrogen-bond donors (Lipinski definition) is 1. The number of nitrogens with one attached hydrogen (secondary N) is 1. The van der Waals surface area contributed by atoms with Gasteiger partial charge in [0.1, 0.15) is 12.6 Å². The second kappa shape index (κ2) is 13.9. The molecule has 0 aliphatic rings. The van der Waals surface area contributed by atoms with Crippen molar-refractivity contribution in [2.45, 2.75) is 44.7 Å². The van der Waals surface area contributed by atoms with Crippen molar-refractivity contribution >= 4 is 73.9 Å². The predicted molar refractivity (Wildman–Crippen MR) is 162 cm³/mol. The van der Waals surface area contributed by atoms with Crippen molar-refractivity contribution in [3.05, 3.63) is 91.9 Å². The maximum Gasteiger partial charge on any atom is 0.264 e. The predicted octanol–water partition coefficient (Wildman–Crippen LogP) is 6.75. The van der Waals surface area contributed by atoms with Crippen LogP contribution in [0.1, 0.15) is 31.4 Å². The summed E-state index contributed by atoms with van der Waals surface area (Å²) in [7, 11) is -4.30. The molecule has 0 saturated heterocycles. The number of likely N-dealkylation sites (N-methyl/N-ethyl adjacent to an activating group) is 1. The highest BCUT2D eigenvalue weighted by Gasteiger charge is 2.35. The van der Waals surface area contributed by atoms with Crippen LogP contribution >= 0.6 is 46.4 Å². The molecule has 0 bridgehead atoms. The SMILES string of the molecule is CCNC(=O)[C@H](CC)N(Cc1c(Cl)cccc1Cl)C(=O)CN(c1cc(Cl)ccc1Cl)S(=O)(=O)c1ccc(C)cc1. The van der Waals surface area contributed by atoms with Gasteiger partial charge in [0.25, 0.3) is 10.0 Å². The number of carbonyl (C=O) groups excluding carboxylic acids is 2. The first-order valence-corrected chi connectivity index (χ1v) is 15.4.